The van der Waals surface area contributed by atoms with Gasteiger partial charge in [-0.1, -0.05) is 18.6 Å². The number of β-amino-alcohol motifs (C(OH)–C–C–N with tert-alkyl or cyclic N) is 1. The molecule has 0 amide bonds. The van der Waals surface area contributed by atoms with E-state index in [1.54, 1.807) is 12.1 Å². The molecule has 1 aliphatic heterocycles. The van der Waals surface area contributed by atoms with Gasteiger partial charge in [0.1, 0.15) is 0 Å². The molecule has 0 aliphatic carbocycles. The summed E-state index contributed by atoms with van der Waals surface area (Å²) in [6.45, 7) is 4.66. The van der Waals surface area contributed by atoms with Crippen LogP contribution < -0.4 is 0 Å². The lowest BCUT2D eigenvalue weighted by Crippen LogP contribution is -2.33. The van der Waals surface area contributed by atoms with Gasteiger partial charge in [-0.2, -0.15) is 5.26 Å². The van der Waals surface area contributed by atoms with Crippen molar-refractivity contribution in [2.24, 2.45) is 0 Å². The van der Waals surface area contributed by atoms with Crippen molar-refractivity contribution in [1.82, 2.24) is 9.47 Å². The third-order valence-electron chi connectivity index (χ3n) is 6.41. The number of carbonyl (C=O) groups is 1. The summed E-state index contributed by atoms with van der Waals surface area (Å²) in [6, 6.07) is 15.6. The number of piperidine rings is 1. The second kappa shape index (κ2) is 9.56. The van der Waals surface area contributed by atoms with Crippen LogP contribution >= 0.6 is 0 Å². The van der Waals surface area contributed by atoms with Crippen LogP contribution in [0.4, 0.5) is 0 Å². The lowest BCUT2D eigenvalue weighted by molar-refractivity contribution is -0.136. The molecule has 2 N–H and O–H groups in total. The van der Waals surface area contributed by atoms with Crippen molar-refractivity contribution in [3.63, 3.8) is 0 Å². The van der Waals surface area contributed by atoms with E-state index >= 15 is 0 Å². The van der Waals surface area contributed by atoms with Crippen molar-refractivity contribution >= 4 is 16.9 Å². The van der Waals surface area contributed by atoms with Crippen molar-refractivity contribution in [2.45, 2.75) is 45.1 Å². The minimum atomic E-state index is -0.818. The summed E-state index contributed by atoms with van der Waals surface area (Å²) < 4.78 is 2.11. The normalized spacial score (nSPS) is 15.5. The van der Waals surface area contributed by atoms with Gasteiger partial charge in [0.05, 0.1) is 23.3 Å². The zero-order chi connectivity index (χ0) is 22.7. The van der Waals surface area contributed by atoms with E-state index in [0.29, 0.717) is 18.5 Å². The number of nitriles is 1. The summed E-state index contributed by atoms with van der Waals surface area (Å²) in [7, 11) is 0. The van der Waals surface area contributed by atoms with Gasteiger partial charge in [-0.15, -0.1) is 0 Å². The third kappa shape index (κ3) is 4.55. The number of aliphatic hydroxyl groups is 1. The molecule has 6 heteroatoms. The Hall–Kier alpha value is -3.14. The second-order valence-corrected chi connectivity index (χ2v) is 8.62. The van der Waals surface area contributed by atoms with Crippen molar-refractivity contribution in [2.75, 3.05) is 19.6 Å². The molecule has 2 heterocycles. The molecule has 166 valence electrons. The molecule has 32 heavy (non-hydrogen) atoms. The van der Waals surface area contributed by atoms with Crippen molar-refractivity contribution in [3.8, 4) is 11.8 Å². The molecule has 1 aliphatic rings. The maximum absolute atomic E-state index is 11.3. The number of aliphatic hydroxyl groups excluding tert-OH is 1. The van der Waals surface area contributed by atoms with Crippen LogP contribution in [-0.2, 0) is 11.2 Å². The number of carboxylic acid groups (broad SMARTS) is 1. The number of aryl methyl sites for hydroxylation is 1. The van der Waals surface area contributed by atoms with E-state index in [-0.39, 0.29) is 6.42 Å². The minimum Gasteiger partial charge on any atom is -0.481 e. The maximum atomic E-state index is 11.3. The molecular weight excluding hydrogens is 402 g/mol. The van der Waals surface area contributed by atoms with E-state index in [1.807, 2.05) is 37.3 Å². The summed E-state index contributed by atoms with van der Waals surface area (Å²) in [5.74, 6) is -0.818. The van der Waals surface area contributed by atoms with Crippen molar-refractivity contribution in [3.05, 3.63) is 64.8 Å². The van der Waals surface area contributed by atoms with E-state index in [1.165, 1.54) is 19.3 Å². The number of hydrogen-bond acceptors (Lipinski definition) is 4. The lowest BCUT2D eigenvalue weighted by Gasteiger charge is -2.28. The van der Waals surface area contributed by atoms with E-state index in [2.05, 4.69) is 15.5 Å². The quantitative estimate of drug-likeness (QED) is 0.581. The molecule has 2 aromatic carbocycles. The Labute approximate surface area is 188 Å². The summed E-state index contributed by atoms with van der Waals surface area (Å²) in [5, 5.41) is 30.5. The van der Waals surface area contributed by atoms with Gasteiger partial charge in [0.25, 0.3) is 0 Å². The van der Waals surface area contributed by atoms with Crippen LogP contribution in [-0.4, -0.2) is 45.3 Å². The number of aromatic nitrogens is 1. The van der Waals surface area contributed by atoms with E-state index < -0.39 is 12.1 Å². The Morgan fingerprint density at radius 1 is 1.12 bits per heavy atom. The smallest absolute Gasteiger partial charge is 0.303 e. The largest absolute Gasteiger partial charge is 0.481 e. The Balaban J connectivity index is 1.79. The second-order valence-electron chi connectivity index (χ2n) is 8.62. The Morgan fingerprint density at radius 2 is 1.84 bits per heavy atom. The number of fused-ring (bicyclic) bond motifs is 1. The van der Waals surface area contributed by atoms with Gasteiger partial charge in [0.2, 0.25) is 0 Å². The summed E-state index contributed by atoms with van der Waals surface area (Å²) in [5.41, 5.74) is 5.28. The van der Waals surface area contributed by atoms with Gasteiger partial charge in [0.15, 0.2) is 0 Å². The Kier molecular flexibility index (Phi) is 6.59. The molecular formula is C26H29N3O3. The monoisotopic (exact) mass is 431 g/mol. The number of likely N-dealkylation sites (tertiary alicyclic amines) is 1. The molecule has 3 aromatic rings. The van der Waals surface area contributed by atoms with Gasteiger partial charge in [0, 0.05) is 35.3 Å². The average molecular weight is 432 g/mol. The van der Waals surface area contributed by atoms with Gasteiger partial charge in [-0.3, -0.25) is 4.79 Å². The Morgan fingerprint density at radius 3 is 2.50 bits per heavy atom. The van der Waals surface area contributed by atoms with Crippen LogP contribution in [0.1, 0.15) is 54.2 Å². The highest BCUT2D eigenvalue weighted by molar-refractivity contribution is 5.88. The molecule has 0 radical (unpaired) electrons. The van der Waals surface area contributed by atoms with Crippen LogP contribution in [0, 0.1) is 18.3 Å². The molecule has 1 saturated heterocycles. The van der Waals surface area contributed by atoms with Crippen LogP contribution in [0.2, 0.25) is 0 Å². The number of carboxylic acids is 1. The minimum absolute atomic E-state index is 0.0759. The van der Waals surface area contributed by atoms with Crippen LogP contribution in [0.5, 0.6) is 0 Å². The summed E-state index contributed by atoms with van der Waals surface area (Å²) >= 11 is 0. The van der Waals surface area contributed by atoms with Crippen LogP contribution in [0.15, 0.2) is 42.5 Å². The fourth-order valence-electron chi connectivity index (χ4n) is 4.81. The summed E-state index contributed by atoms with van der Waals surface area (Å²) in [4.78, 5) is 13.4. The van der Waals surface area contributed by atoms with Gasteiger partial charge < -0.3 is 19.7 Å². The predicted octanol–water partition coefficient (Wildman–Crippen LogP) is 4.35. The van der Waals surface area contributed by atoms with Gasteiger partial charge >= 0.3 is 5.97 Å². The molecule has 6 nitrogen and oxygen atoms in total. The number of nitrogens with zero attached hydrogens (tertiary/aromatic N) is 3. The van der Waals surface area contributed by atoms with Crippen LogP contribution in [0.25, 0.3) is 16.6 Å². The first-order chi connectivity index (χ1) is 15.5. The zero-order valence-electron chi connectivity index (χ0n) is 18.4. The fraction of sp³-hybridized carbons (Fsp3) is 0.385. The van der Waals surface area contributed by atoms with Crippen molar-refractivity contribution < 1.29 is 15.0 Å². The third-order valence-corrected chi connectivity index (χ3v) is 6.41. The molecule has 1 aromatic heterocycles. The van der Waals surface area contributed by atoms with E-state index in [4.69, 9.17) is 10.4 Å². The topological polar surface area (TPSA) is 89.5 Å². The highest BCUT2D eigenvalue weighted by Gasteiger charge is 2.24. The van der Waals surface area contributed by atoms with E-state index in [0.717, 1.165) is 46.5 Å². The Bertz CT molecular complexity index is 1150. The van der Waals surface area contributed by atoms with E-state index in [9.17, 15) is 9.90 Å². The first kappa shape index (κ1) is 22.1. The molecule has 0 saturated carbocycles. The molecule has 0 bridgehead atoms. The van der Waals surface area contributed by atoms with Gasteiger partial charge in [-0.25, -0.2) is 0 Å². The number of aliphatic carboxylic acids is 1. The predicted molar refractivity (Wildman–Crippen MR) is 124 cm³/mol. The maximum Gasteiger partial charge on any atom is 0.303 e. The van der Waals surface area contributed by atoms with Crippen LogP contribution in [0.3, 0.4) is 0 Å². The average Bonchev–Trinajstić information content (AvgIpc) is 3.09. The first-order valence-electron chi connectivity index (χ1n) is 11.2. The highest BCUT2D eigenvalue weighted by Crippen LogP contribution is 2.35. The fourth-order valence-corrected chi connectivity index (χ4v) is 4.81. The molecule has 4 rings (SSSR count). The highest BCUT2D eigenvalue weighted by atomic mass is 16.4. The molecule has 1 unspecified atom stereocenters. The lowest BCUT2D eigenvalue weighted by atomic mass is 10.0. The zero-order valence-corrected chi connectivity index (χ0v) is 18.4. The first-order valence-corrected chi connectivity index (χ1v) is 11.2. The molecule has 0 spiro atoms. The standard InChI is InChI=1S/C26H29N3O3/c1-18-26(24(30)17-28-13-3-2-4-14-28)22-11-7-19(8-12-25(31)32)15-23(22)29(18)21-9-5-20(16-27)6-10-21/h5-7,9-11,15,24,30H,2-4,8,12-14,17H2,1H3,(H,31,32). The van der Waals surface area contributed by atoms with Gasteiger partial charge in [-0.05, 0) is 75.2 Å². The number of rotatable bonds is 7. The molecule has 1 atom stereocenters. The number of hydrogen-bond donors (Lipinski definition) is 2. The SMILES string of the molecule is Cc1c(C(O)CN2CCCCC2)c2ccc(CCC(=O)O)cc2n1-c1ccc(C#N)cc1. The summed E-state index contributed by atoms with van der Waals surface area (Å²) in [6.07, 6.45) is 3.52. The van der Waals surface area contributed by atoms with Crippen molar-refractivity contribution in [1.29, 1.82) is 5.26 Å². The molecule has 1 fully saturated rings. The number of benzene rings is 2.